The molecule has 0 aliphatic carbocycles. The maximum Gasteiger partial charge on any atom is 0.268 e. The Morgan fingerprint density at radius 1 is 1.07 bits per heavy atom. The van der Waals surface area contributed by atoms with E-state index in [1.54, 1.807) is 38.1 Å². The summed E-state index contributed by atoms with van der Waals surface area (Å²) in [5.74, 6) is 0.333. The second-order valence-electron chi connectivity index (χ2n) is 7.58. The van der Waals surface area contributed by atoms with Crippen LogP contribution in [-0.4, -0.2) is 49.1 Å². The van der Waals surface area contributed by atoms with Gasteiger partial charge in [-0.25, -0.2) is 0 Å². The molecule has 0 saturated carbocycles. The molecule has 0 bridgehead atoms. The van der Waals surface area contributed by atoms with Gasteiger partial charge in [-0.1, -0.05) is 36.2 Å². The highest BCUT2D eigenvalue weighted by Crippen LogP contribution is 2.35. The highest BCUT2D eigenvalue weighted by molar-refractivity contribution is 6.34. The molecule has 5 nitrogen and oxygen atoms in total. The second kappa shape index (κ2) is 9.24. The van der Waals surface area contributed by atoms with Crippen molar-refractivity contribution in [1.29, 1.82) is 0 Å². The van der Waals surface area contributed by atoms with Crippen LogP contribution in [0.3, 0.4) is 0 Å². The van der Waals surface area contributed by atoms with Gasteiger partial charge in [-0.2, -0.15) is 0 Å². The van der Waals surface area contributed by atoms with E-state index in [9.17, 15) is 4.79 Å². The van der Waals surface area contributed by atoms with Crippen molar-refractivity contribution in [2.75, 3.05) is 42.9 Å². The number of hydrogen-bond donors (Lipinski definition) is 1. The van der Waals surface area contributed by atoms with Gasteiger partial charge in [0.05, 0.1) is 16.4 Å². The van der Waals surface area contributed by atoms with Gasteiger partial charge in [0, 0.05) is 31.2 Å². The quantitative estimate of drug-likeness (QED) is 0.698. The van der Waals surface area contributed by atoms with Gasteiger partial charge in [-0.05, 0) is 56.8 Å². The molecule has 0 unspecified atom stereocenters. The average molecular weight is 436 g/mol. The minimum atomic E-state index is -1.08. The second-order valence-corrected chi connectivity index (χ2v) is 8.42. The predicted octanol–water partition coefficient (Wildman–Crippen LogP) is 4.93. The van der Waals surface area contributed by atoms with Crippen molar-refractivity contribution in [1.82, 2.24) is 4.90 Å². The van der Waals surface area contributed by atoms with Gasteiger partial charge in [0.2, 0.25) is 0 Å². The number of para-hydroxylation sites is 1. The maximum absolute atomic E-state index is 13.0. The van der Waals surface area contributed by atoms with E-state index in [0.717, 1.165) is 38.4 Å². The fourth-order valence-electron chi connectivity index (χ4n) is 3.34. The minimum Gasteiger partial charge on any atom is -0.478 e. The van der Waals surface area contributed by atoms with Crippen LogP contribution in [0.4, 0.5) is 11.4 Å². The Morgan fingerprint density at radius 3 is 2.34 bits per heavy atom. The Balaban J connectivity index is 1.76. The van der Waals surface area contributed by atoms with E-state index < -0.39 is 5.60 Å². The van der Waals surface area contributed by atoms with Gasteiger partial charge in [0.15, 0.2) is 5.60 Å². The smallest absolute Gasteiger partial charge is 0.268 e. The van der Waals surface area contributed by atoms with Crippen LogP contribution in [0.15, 0.2) is 42.5 Å². The summed E-state index contributed by atoms with van der Waals surface area (Å²) in [4.78, 5) is 17.6. The molecular weight excluding hydrogens is 409 g/mol. The number of hydrogen-bond acceptors (Lipinski definition) is 4. The average Bonchev–Trinajstić information content (AvgIpc) is 2.70. The number of amides is 1. The molecule has 156 valence electrons. The molecule has 2 aromatic rings. The first-order valence-electron chi connectivity index (χ1n) is 9.82. The summed E-state index contributed by atoms with van der Waals surface area (Å²) in [7, 11) is 0. The number of benzene rings is 2. The van der Waals surface area contributed by atoms with E-state index >= 15 is 0 Å². The predicted molar refractivity (Wildman–Crippen MR) is 121 cm³/mol. The largest absolute Gasteiger partial charge is 0.478 e. The molecule has 1 heterocycles. The zero-order chi connectivity index (χ0) is 21.0. The molecule has 1 saturated heterocycles. The summed E-state index contributed by atoms with van der Waals surface area (Å²) in [6.07, 6.45) is 0. The van der Waals surface area contributed by atoms with Crippen molar-refractivity contribution in [3.8, 4) is 5.75 Å². The molecule has 0 spiro atoms. The Kier molecular flexibility index (Phi) is 6.93. The zero-order valence-electron chi connectivity index (χ0n) is 17.0. The van der Waals surface area contributed by atoms with Gasteiger partial charge in [-0.15, -0.1) is 0 Å². The van der Waals surface area contributed by atoms with Crippen molar-refractivity contribution < 1.29 is 9.53 Å². The fourth-order valence-corrected chi connectivity index (χ4v) is 3.76. The van der Waals surface area contributed by atoms with E-state index in [2.05, 4.69) is 22.0 Å². The van der Waals surface area contributed by atoms with Crippen LogP contribution < -0.4 is 15.0 Å². The molecule has 29 heavy (non-hydrogen) atoms. The minimum absolute atomic E-state index is 0.247. The highest BCUT2D eigenvalue weighted by Gasteiger charge is 2.31. The number of likely N-dealkylation sites (N-methyl/N-ethyl adjacent to an activating group) is 1. The topological polar surface area (TPSA) is 44.8 Å². The number of ether oxygens (including phenoxy) is 1. The number of nitrogens with zero attached hydrogens (tertiary/aromatic N) is 2. The number of rotatable bonds is 6. The van der Waals surface area contributed by atoms with E-state index in [1.165, 1.54) is 0 Å². The summed E-state index contributed by atoms with van der Waals surface area (Å²) in [6.45, 7) is 10.4. The molecule has 0 aromatic heterocycles. The fraction of sp³-hybridized carbons (Fsp3) is 0.409. The van der Waals surface area contributed by atoms with Crippen LogP contribution in [0.25, 0.3) is 0 Å². The van der Waals surface area contributed by atoms with Crippen molar-refractivity contribution in [3.05, 3.63) is 52.5 Å². The Morgan fingerprint density at radius 2 is 1.72 bits per heavy atom. The molecule has 0 atom stereocenters. The van der Waals surface area contributed by atoms with Crippen LogP contribution in [0.2, 0.25) is 10.0 Å². The summed E-state index contributed by atoms with van der Waals surface area (Å²) in [5, 5.41) is 4.26. The Bertz CT molecular complexity index is 848. The lowest BCUT2D eigenvalue weighted by atomic mass is 10.1. The standard InChI is InChI=1S/C22H27Cl2N3O2/c1-4-26-12-14-27(15-13-26)20-18(24)6-5-7-19(20)25-21(28)22(2,3)29-17-10-8-16(23)9-11-17/h5-11H,4,12-15H2,1-3H3,(H,25,28). The Hall–Kier alpha value is -1.95. The maximum atomic E-state index is 13.0. The van der Waals surface area contributed by atoms with Gasteiger partial charge in [-0.3, -0.25) is 4.79 Å². The molecule has 0 radical (unpaired) electrons. The molecule has 3 rings (SSSR count). The van der Waals surface area contributed by atoms with E-state index in [-0.39, 0.29) is 5.91 Å². The van der Waals surface area contributed by atoms with Crippen molar-refractivity contribution in [2.45, 2.75) is 26.4 Å². The van der Waals surface area contributed by atoms with E-state index in [0.29, 0.717) is 21.5 Å². The third-order valence-corrected chi connectivity index (χ3v) is 5.66. The van der Waals surface area contributed by atoms with Gasteiger partial charge in [0.25, 0.3) is 5.91 Å². The normalized spacial score (nSPS) is 15.3. The number of carbonyl (C=O) groups excluding carboxylic acids is 1. The molecule has 1 aliphatic heterocycles. The zero-order valence-corrected chi connectivity index (χ0v) is 18.6. The first-order valence-corrected chi connectivity index (χ1v) is 10.6. The van der Waals surface area contributed by atoms with Gasteiger partial charge >= 0.3 is 0 Å². The van der Waals surface area contributed by atoms with Crippen molar-refractivity contribution >= 4 is 40.5 Å². The number of anilines is 2. The lowest BCUT2D eigenvalue weighted by Gasteiger charge is -2.37. The summed E-state index contributed by atoms with van der Waals surface area (Å²) in [6, 6.07) is 12.5. The van der Waals surface area contributed by atoms with Crippen LogP contribution in [0.5, 0.6) is 5.75 Å². The Labute approximate surface area is 182 Å². The molecule has 2 aromatic carbocycles. The lowest BCUT2D eigenvalue weighted by molar-refractivity contribution is -0.128. The van der Waals surface area contributed by atoms with Crippen LogP contribution >= 0.6 is 23.2 Å². The molecule has 1 N–H and O–H groups in total. The molecule has 1 aliphatic rings. The SMILES string of the molecule is CCN1CCN(c2c(Cl)cccc2NC(=O)C(C)(C)Oc2ccc(Cl)cc2)CC1. The molecule has 1 amide bonds. The number of piperazine rings is 1. The third-order valence-electron chi connectivity index (χ3n) is 5.10. The van der Waals surface area contributed by atoms with E-state index in [1.807, 2.05) is 18.2 Å². The van der Waals surface area contributed by atoms with Crippen molar-refractivity contribution in [3.63, 3.8) is 0 Å². The molecular formula is C22H27Cl2N3O2. The summed E-state index contributed by atoms with van der Waals surface area (Å²) in [5.41, 5.74) is 0.481. The lowest BCUT2D eigenvalue weighted by Crippen LogP contribution is -2.47. The highest BCUT2D eigenvalue weighted by atomic mass is 35.5. The van der Waals surface area contributed by atoms with Crippen LogP contribution in [-0.2, 0) is 4.79 Å². The van der Waals surface area contributed by atoms with Crippen molar-refractivity contribution in [2.24, 2.45) is 0 Å². The van der Waals surface area contributed by atoms with Crippen LogP contribution in [0.1, 0.15) is 20.8 Å². The summed E-state index contributed by atoms with van der Waals surface area (Å²) >= 11 is 12.4. The third kappa shape index (κ3) is 5.35. The molecule has 7 heteroatoms. The number of halogens is 2. The van der Waals surface area contributed by atoms with Gasteiger partial charge in [0.1, 0.15) is 5.75 Å². The summed E-state index contributed by atoms with van der Waals surface area (Å²) < 4.78 is 5.91. The van der Waals surface area contributed by atoms with Gasteiger partial charge < -0.3 is 19.9 Å². The monoisotopic (exact) mass is 435 g/mol. The van der Waals surface area contributed by atoms with E-state index in [4.69, 9.17) is 27.9 Å². The first-order chi connectivity index (χ1) is 13.8. The molecule has 1 fully saturated rings. The first kappa shape index (κ1) is 21.8. The number of carbonyl (C=O) groups is 1. The van der Waals surface area contributed by atoms with Crippen LogP contribution in [0, 0.1) is 0 Å². The number of nitrogens with one attached hydrogen (secondary N) is 1.